The van der Waals surface area contributed by atoms with E-state index in [9.17, 15) is 4.79 Å². The number of rotatable bonds is 8. The van der Waals surface area contributed by atoms with Crippen molar-refractivity contribution in [2.45, 2.75) is 5.92 Å². The summed E-state index contributed by atoms with van der Waals surface area (Å²) in [5, 5.41) is 0. The van der Waals surface area contributed by atoms with Crippen LogP contribution in [0.1, 0.15) is 17.0 Å². The van der Waals surface area contributed by atoms with E-state index in [1.165, 1.54) is 14.2 Å². The molecule has 24 heavy (non-hydrogen) atoms. The monoisotopic (exact) mass is 326 g/mol. The van der Waals surface area contributed by atoms with Gasteiger partial charge in [-0.1, -0.05) is 72.8 Å². The Hall–Kier alpha value is -2.43. The van der Waals surface area contributed by atoms with Crippen LogP contribution in [0, 0.1) is 5.92 Å². The summed E-state index contributed by atoms with van der Waals surface area (Å²) in [4.78, 5) is 22.0. The summed E-state index contributed by atoms with van der Waals surface area (Å²) in [6, 6.07) is 19.8. The number of carbonyl (C=O) groups is 1. The van der Waals surface area contributed by atoms with Crippen LogP contribution in [0.3, 0.4) is 0 Å². The van der Waals surface area contributed by atoms with Gasteiger partial charge in [-0.3, -0.25) is 4.79 Å². The van der Waals surface area contributed by atoms with Crippen molar-refractivity contribution < 1.29 is 19.3 Å². The van der Waals surface area contributed by atoms with E-state index in [0.717, 1.165) is 11.1 Å². The van der Waals surface area contributed by atoms with Gasteiger partial charge < -0.3 is 4.74 Å². The molecule has 0 bridgehead atoms. The van der Waals surface area contributed by atoms with E-state index in [4.69, 9.17) is 9.62 Å². The van der Waals surface area contributed by atoms with E-state index in [-0.39, 0.29) is 18.5 Å². The third kappa shape index (κ3) is 5.05. The molecule has 0 aliphatic heterocycles. The molecule has 0 heterocycles. The normalized spacial score (nSPS) is 13.6. The summed E-state index contributed by atoms with van der Waals surface area (Å²) >= 11 is 0. The van der Waals surface area contributed by atoms with Gasteiger partial charge in [0.25, 0.3) is 0 Å². The number of allylic oxidation sites excluding steroid dienone is 1. The van der Waals surface area contributed by atoms with Gasteiger partial charge in [-0.05, 0) is 11.1 Å². The molecular formula is C20H22O4. The SMILES string of the molecule is COOCC(C(=O)OC)C(/C=C/c1ccccc1)c1ccccc1. The van der Waals surface area contributed by atoms with Crippen LogP contribution < -0.4 is 0 Å². The van der Waals surface area contributed by atoms with Crippen LogP contribution in [-0.4, -0.2) is 26.8 Å². The number of carbonyl (C=O) groups excluding carboxylic acids is 1. The van der Waals surface area contributed by atoms with Crippen LogP contribution in [0.2, 0.25) is 0 Å². The Labute approximate surface area is 142 Å². The van der Waals surface area contributed by atoms with E-state index in [1.54, 1.807) is 0 Å². The number of ether oxygens (including phenoxy) is 1. The Morgan fingerprint density at radius 1 is 1.00 bits per heavy atom. The molecule has 0 fully saturated rings. The smallest absolute Gasteiger partial charge is 0.312 e. The third-order valence-corrected chi connectivity index (χ3v) is 3.78. The zero-order valence-electron chi connectivity index (χ0n) is 13.9. The molecular weight excluding hydrogens is 304 g/mol. The topological polar surface area (TPSA) is 44.8 Å². The largest absolute Gasteiger partial charge is 0.469 e. The molecule has 2 aromatic rings. The molecule has 2 aromatic carbocycles. The fraction of sp³-hybridized carbons (Fsp3) is 0.250. The maximum absolute atomic E-state index is 12.3. The van der Waals surface area contributed by atoms with Crippen LogP contribution in [-0.2, 0) is 19.3 Å². The minimum absolute atomic E-state index is 0.113. The first-order chi connectivity index (χ1) is 11.8. The van der Waals surface area contributed by atoms with Crippen molar-refractivity contribution in [3.63, 3.8) is 0 Å². The average Bonchev–Trinajstić information content (AvgIpc) is 2.65. The number of hydrogen-bond donors (Lipinski definition) is 0. The number of hydrogen-bond acceptors (Lipinski definition) is 4. The molecule has 0 saturated heterocycles. The third-order valence-electron chi connectivity index (χ3n) is 3.78. The summed E-state index contributed by atoms with van der Waals surface area (Å²) in [6.07, 6.45) is 4.01. The second kappa shape index (κ2) is 9.65. The van der Waals surface area contributed by atoms with Gasteiger partial charge in [0.1, 0.15) is 0 Å². The predicted molar refractivity (Wildman–Crippen MR) is 93.1 cm³/mol. The number of methoxy groups -OCH3 is 1. The van der Waals surface area contributed by atoms with Crippen molar-refractivity contribution in [1.29, 1.82) is 0 Å². The average molecular weight is 326 g/mol. The quantitative estimate of drug-likeness (QED) is 0.420. The highest BCUT2D eigenvalue weighted by molar-refractivity contribution is 5.74. The van der Waals surface area contributed by atoms with Gasteiger partial charge in [0.15, 0.2) is 0 Å². The standard InChI is InChI=1S/C20H22O4/c1-22-20(21)19(15-24-23-2)18(17-11-7-4-8-12-17)14-13-16-9-5-3-6-10-16/h3-14,18-19H,15H2,1-2H3/b14-13+. The first-order valence-electron chi connectivity index (χ1n) is 7.78. The molecule has 2 unspecified atom stereocenters. The van der Waals surface area contributed by atoms with Crippen molar-refractivity contribution in [3.05, 3.63) is 77.9 Å². The summed E-state index contributed by atoms with van der Waals surface area (Å²) in [6.45, 7) is 0.113. The van der Waals surface area contributed by atoms with Crippen molar-refractivity contribution >= 4 is 12.0 Å². The van der Waals surface area contributed by atoms with Crippen LogP contribution in [0.4, 0.5) is 0 Å². The highest BCUT2D eigenvalue weighted by atomic mass is 17.2. The van der Waals surface area contributed by atoms with E-state index >= 15 is 0 Å². The second-order valence-electron chi connectivity index (χ2n) is 5.29. The van der Waals surface area contributed by atoms with Crippen LogP contribution >= 0.6 is 0 Å². The Morgan fingerprint density at radius 3 is 2.21 bits per heavy atom. The van der Waals surface area contributed by atoms with Gasteiger partial charge in [-0.25, -0.2) is 9.78 Å². The van der Waals surface area contributed by atoms with Crippen LogP contribution in [0.25, 0.3) is 6.08 Å². The molecule has 0 aliphatic carbocycles. The van der Waals surface area contributed by atoms with Gasteiger partial charge in [0.05, 0.1) is 26.7 Å². The molecule has 0 amide bonds. The van der Waals surface area contributed by atoms with E-state index in [1.807, 2.05) is 72.8 Å². The molecule has 0 aliphatic rings. The Kier molecular flexibility index (Phi) is 7.21. The predicted octanol–water partition coefficient (Wildman–Crippen LogP) is 3.85. The van der Waals surface area contributed by atoms with Crippen molar-refractivity contribution in [1.82, 2.24) is 0 Å². The molecule has 0 radical (unpaired) electrons. The second-order valence-corrected chi connectivity index (χ2v) is 5.29. The lowest BCUT2D eigenvalue weighted by Crippen LogP contribution is -2.27. The van der Waals surface area contributed by atoms with Crippen LogP contribution in [0.15, 0.2) is 66.7 Å². The summed E-state index contributed by atoms with van der Waals surface area (Å²) < 4.78 is 4.96. The van der Waals surface area contributed by atoms with Crippen molar-refractivity contribution in [2.75, 3.05) is 20.8 Å². The molecule has 2 rings (SSSR count). The Bertz CT molecular complexity index is 637. The zero-order valence-corrected chi connectivity index (χ0v) is 13.9. The van der Waals surface area contributed by atoms with Crippen LogP contribution in [0.5, 0.6) is 0 Å². The zero-order chi connectivity index (χ0) is 17.2. The lowest BCUT2D eigenvalue weighted by Gasteiger charge is -2.22. The summed E-state index contributed by atoms with van der Waals surface area (Å²) in [7, 11) is 2.80. The summed E-state index contributed by atoms with van der Waals surface area (Å²) in [5.41, 5.74) is 2.08. The fourth-order valence-electron chi connectivity index (χ4n) is 2.54. The van der Waals surface area contributed by atoms with E-state index in [0.29, 0.717) is 0 Å². The number of esters is 1. The van der Waals surface area contributed by atoms with Crippen molar-refractivity contribution in [2.24, 2.45) is 5.92 Å². The molecule has 0 spiro atoms. The Morgan fingerprint density at radius 2 is 1.62 bits per heavy atom. The highest BCUT2D eigenvalue weighted by Gasteiger charge is 2.29. The van der Waals surface area contributed by atoms with Gasteiger partial charge in [0, 0.05) is 5.92 Å². The molecule has 0 aromatic heterocycles. The molecule has 0 N–H and O–H groups in total. The van der Waals surface area contributed by atoms with E-state index in [2.05, 4.69) is 4.89 Å². The van der Waals surface area contributed by atoms with Gasteiger partial charge in [-0.15, -0.1) is 0 Å². The van der Waals surface area contributed by atoms with Crippen molar-refractivity contribution in [3.8, 4) is 0 Å². The van der Waals surface area contributed by atoms with Gasteiger partial charge >= 0.3 is 5.97 Å². The lowest BCUT2D eigenvalue weighted by atomic mass is 9.85. The molecule has 4 heteroatoms. The maximum atomic E-state index is 12.3. The molecule has 4 nitrogen and oxygen atoms in total. The Balaban J connectivity index is 2.33. The van der Waals surface area contributed by atoms with E-state index < -0.39 is 5.92 Å². The lowest BCUT2D eigenvalue weighted by molar-refractivity contribution is -0.280. The first kappa shape index (κ1) is 17.9. The minimum Gasteiger partial charge on any atom is -0.469 e. The van der Waals surface area contributed by atoms with Gasteiger partial charge in [-0.2, -0.15) is 0 Å². The maximum Gasteiger partial charge on any atom is 0.312 e. The highest BCUT2D eigenvalue weighted by Crippen LogP contribution is 2.28. The first-order valence-corrected chi connectivity index (χ1v) is 7.78. The fourth-order valence-corrected chi connectivity index (χ4v) is 2.54. The number of benzene rings is 2. The molecule has 2 atom stereocenters. The minimum atomic E-state index is -0.502. The molecule has 0 saturated carbocycles. The molecule has 126 valence electrons. The summed E-state index contributed by atoms with van der Waals surface area (Å²) in [5.74, 6) is -1.02. The van der Waals surface area contributed by atoms with Gasteiger partial charge in [0.2, 0.25) is 0 Å².